The van der Waals surface area contributed by atoms with Crippen molar-refractivity contribution < 1.29 is 15.0 Å². The van der Waals surface area contributed by atoms with E-state index in [1.807, 2.05) is 0 Å². The molecule has 2 aliphatic heterocycles. The summed E-state index contributed by atoms with van der Waals surface area (Å²) in [5.74, 6) is -0.537. The monoisotopic (exact) mass is 242 g/mol. The Kier molecular flexibility index (Phi) is 2.54. The smallest absolute Gasteiger partial charge is 0.340 e. The molecule has 1 atom stereocenters. The van der Waals surface area contributed by atoms with Gasteiger partial charge in [0.2, 0.25) is 0 Å². The number of carbonyl (C=O) groups is 1. The van der Waals surface area contributed by atoms with Crippen molar-refractivity contribution in [1.82, 2.24) is 20.9 Å². The highest BCUT2D eigenvalue weighted by atomic mass is 32.1. The third-order valence-corrected chi connectivity index (χ3v) is 2.55. The predicted molar refractivity (Wildman–Crippen MR) is 58.0 cm³/mol. The van der Waals surface area contributed by atoms with E-state index in [4.69, 9.17) is 17.3 Å². The number of nitrogens with zero attached hydrogens (tertiary/aromatic N) is 2. The van der Waals surface area contributed by atoms with Crippen molar-refractivity contribution in [2.24, 2.45) is 0 Å². The maximum absolute atomic E-state index is 10.8. The van der Waals surface area contributed by atoms with Crippen LogP contribution < -0.4 is 10.9 Å². The van der Waals surface area contributed by atoms with Crippen molar-refractivity contribution in [3.05, 3.63) is 23.8 Å². The van der Waals surface area contributed by atoms with Gasteiger partial charge in [-0.1, -0.05) is 12.2 Å². The fourth-order valence-corrected chi connectivity index (χ4v) is 1.60. The van der Waals surface area contributed by atoms with Gasteiger partial charge in [0.15, 0.2) is 0 Å². The molecule has 0 saturated carbocycles. The van der Waals surface area contributed by atoms with Gasteiger partial charge >= 0.3 is 5.97 Å². The molecular formula is C8H10N4O3S. The molecule has 4 N–H and O–H groups in total. The van der Waals surface area contributed by atoms with Gasteiger partial charge < -0.3 is 15.5 Å². The summed E-state index contributed by atoms with van der Waals surface area (Å²) in [6.07, 6.45) is 2.16. The van der Waals surface area contributed by atoms with Crippen LogP contribution in [0.1, 0.15) is 6.92 Å². The van der Waals surface area contributed by atoms with E-state index in [1.165, 1.54) is 16.2 Å². The topological polar surface area (TPSA) is 88.1 Å². The Labute approximate surface area is 96.6 Å². The Morgan fingerprint density at radius 3 is 2.88 bits per heavy atom. The molecular weight excluding hydrogens is 232 g/mol. The van der Waals surface area contributed by atoms with Crippen molar-refractivity contribution in [1.29, 1.82) is 0 Å². The van der Waals surface area contributed by atoms with Crippen molar-refractivity contribution in [3.8, 4) is 0 Å². The van der Waals surface area contributed by atoms with Gasteiger partial charge in [0.25, 0.3) is 0 Å². The van der Waals surface area contributed by atoms with Gasteiger partial charge in [-0.2, -0.15) is 0 Å². The molecule has 0 spiro atoms. The van der Waals surface area contributed by atoms with Gasteiger partial charge in [0, 0.05) is 6.20 Å². The molecule has 0 radical (unpaired) electrons. The summed E-state index contributed by atoms with van der Waals surface area (Å²) in [6.45, 7) is 1.57. The van der Waals surface area contributed by atoms with Crippen molar-refractivity contribution in [2.45, 2.75) is 13.2 Å². The zero-order valence-corrected chi connectivity index (χ0v) is 9.15. The Bertz CT molecular complexity index is 418. The summed E-state index contributed by atoms with van der Waals surface area (Å²) in [6, 6.07) is 0. The molecule has 0 bridgehead atoms. The first-order valence-electron chi connectivity index (χ1n) is 4.49. The van der Waals surface area contributed by atoms with Crippen molar-refractivity contribution in [2.75, 3.05) is 0 Å². The van der Waals surface area contributed by atoms with Crippen LogP contribution in [0.4, 0.5) is 0 Å². The number of carboxylic acids is 1. The Balaban J connectivity index is 2.23. The van der Waals surface area contributed by atoms with Crippen LogP contribution in [0, 0.1) is 0 Å². The van der Waals surface area contributed by atoms with Gasteiger partial charge in [-0.25, -0.2) is 9.80 Å². The largest absolute Gasteiger partial charge is 0.478 e. The van der Waals surface area contributed by atoms with Gasteiger partial charge in [-0.15, -0.1) is 5.53 Å². The molecule has 2 rings (SSSR count). The highest BCUT2D eigenvalue weighted by molar-refractivity contribution is 7.80. The lowest BCUT2D eigenvalue weighted by molar-refractivity contribution is -0.132. The third kappa shape index (κ3) is 1.62. The Morgan fingerprint density at radius 1 is 1.62 bits per heavy atom. The summed E-state index contributed by atoms with van der Waals surface area (Å²) >= 11 is 5.01. The molecule has 0 aromatic heterocycles. The molecule has 1 unspecified atom stereocenters. The number of nitrogens with one attached hydrogen (secondary N) is 2. The van der Waals surface area contributed by atoms with E-state index in [0.717, 1.165) is 0 Å². The molecule has 0 fully saturated rings. The second-order valence-corrected chi connectivity index (χ2v) is 3.69. The van der Waals surface area contributed by atoms with Crippen LogP contribution in [-0.4, -0.2) is 37.4 Å². The van der Waals surface area contributed by atoms with Crippen molar-refractivity contribution in [3.63, 3.8) is 0 Å². The number of thiocarbonyl (C=S) groups is 1. The zero-order chi connectivity index (χ0) is 11.9. The lowest BCUT2D eigenvalue weighted by atomic mass is 10.2. The summed E-state index contributed by atoms with van der Waals surface area (Å²) < 4.78 is 0. The molecule has 0 amide bonds. The highest BCUT2D eigenvalue weighted by Crippen LogP contribution is 2.19. The normalized spacial score (nSPS) is 21.0. The SMILES string of the molecule is CC(O)N1C=C2NC=C(C(=O)O)C(=S)N2N1. The lowest BCUT2D eigenvalue weighted by Crippen LogP contribution is -2.50. The van der Waals surface area contributed by atoms with Gasteiger partial charge in [-0.05, 0) is 6.92 Å². The average molecular weight is 242 g/mol. The van der Waals surface area contributed by atoms with Crippen LogP contribution in [-0.2, 0) is 4.79 Å². The number of aliphatic carboxylic acids is 1. The molecule has 7 nitrogen and oxygen atoms in total. The zero-order valence-electron chi connectivity index (χ0n) is 8.34. The van der Waals surface area contributed by atoms with Crippen molar-refractivity contribution >= 4 is 23.2 Å². The van der Waals surface area contributed by atoms with Crippen LogP contribution in [0.2, 0.25) is 0 Å². The van der Waals surface area contributed by atoms with E-state index in [9.17, 15) is 9.90 Å². The average Bonchev–Trinajstić information content (AvgIpc) is 2.62. The van der Waals surface area contributed by atoms with E-state index in [-0.39, 0.29) is 10.6 Å². The maximum atomic E-state index is 10.8. The van der Waals surface area contributed by atoms with E-state index in [2.05, 4.69) is 10.9 Å². The maximum Gasteiger partial charge on any atom is 0.340 e. The number of aliphatic hydroxyl groups is 1. The number of aliphatic hydroxyl groups excluding tert-OH is 1. The fraction of sp³-hybridized carbons (Fsp3) is 0.250. The second-order valence-electron chi connectivity index (χ2n) is 3.30. The van der Waals surface area contributed by atoms with Crippen LogP contribution in [0.15, 0.2) is 23.8 Å². The standard InChI is InChI=1S/C8H10N4O3S/c1-4(13)11-3-6-9-2-5(8(14)15)7(16)12(6)10-11/h2-4,9-10,13H,1H3,(H,14,15). The van der Waals surface area contributed by atoms with E-state index in [1.54, 1.807) is 13.1 Å². The highest BCUT2D eigenvalue weighted by Gasteiger charge is 2.32. The summed E-state index contributed by atoms with van der Waals surface area (Å²) in [5.41, 5.74) is 2.74. The molecule has 0 aromatic carbocycles. The molecule has 0 saturated heterocycles. The minimum Gasteiger partial charge on any atom is -0.478 e. The van der Waals surface area contributed by atoms with E-state index < -0.39 is 12.2 Å². The first-order chi connectivity index (χ1) is 7.50. The molecule has 8 heteroatoms. The van der Waals surface area contributed by atoms with E-state index in [0.29, 0.717) is 5.82 Å². The molecule has 2 aliphatic rings. The van der Waals surface area contributed by atoms with Gasteiger partial charge in [0.1, 0.15) is 22.6 Å². The first-order valence-corrected chi connectivity index (χ1v) is 4.90. The van der Waals surface area contributed by atoms with Crippen LogP contribution in [0.25, 0.3) is 0 Å². The quantitative estimate of drug-likeness (QED) is 0.461. The molecule has 2 heterocycles. The van der Waals surface area contributed by atoms with Gasteiger partial charge in [-0.3, -0.25) is 5.01 Å². The summed E-state index contributed by atoms with van der Waals surface area (Å²) in [5, 5.41) is 23.8. The van der Waals surface area contributed by atoms with E-state index >= 15 is 0 Å². The predicted octanol–water partition coefficient (Wildman–Crippen LogP) is -0.940. The first kappa shape index (κ1) is 10.9. The molecule has 86 valence electrons. The number of hydrogen-bond donors (Lipinski definition) is 4. The molecule has 0 aliphatic carbocycles. The number of carboxylic acid groups (broad SMARTS) is 1. The number of fused-ring (bicyclic) bond motifs is 1. The summed E-state index contributed by atoms with van der Waals surface area (Å²) in [7, 11) is 0. The second kappa shape index (κ2) is 3.74. The van der Waals surface area contributed by atoms with Crippen LogP contribution in [0.3, 0.4) is 0 Å². The van der Waals surface area contributed by atoms with Crippen LogP contribution >= 0.6 is 12.2 Å². The fourth-order valence-electron chi connectivity index (χ4n) is 1.32. The number of rotatable bonds is 2. The third-order valence-electron chi connectivity index (χ3n) is 2.15. The Morgan fingerprint density at radius 2 is 2.31 bits per heavy atom. The lowest BCUT2D eigenvalue weighted by Gasteiger charge is -2.28. The van der Waals surface area contributed by atoms with Gasteiger partial charge in [0.05, 0.1) is 6.20 Å². The van der Waals surface area contributed by atoms with Crippen LogP contribution in [0.5, 0.6) is 0 Å². The molecule has 0 aromatic rings. The molecule has 16 heavy (non-hydrogen) atoms. The Hall–Kier alpha value is -1.64. The number of hydrogen-bond acceptors (Lipinski definition) is 6. The minimum absolute atomic E-state index is 0.00732. The minimum atomic E-state index is -1.10. The number of hydrazine groups is 2. The summed E-state index contributed by atoms with van der Waals surface area (Å²) in [4.78, 5) is 11.0.